The first-order valence-corrected chi connectivity index (χ1v) is 4.52. The van der Waals surface area contributed by atoms with E-state index >= 15 is 0 Å². The molecule has 0 aliphatic carbocycles. The van der Waals surface area contributed by atoms with Gasteiger partial charge in [0.25, 0.3) is 5.91 Å². The SMILES string of the molecule is C[C@H](O)CNC(=O)c1cccc(F)c1N. The molecular formula is C10H13FN2O2. The van der Waals surface area contributed by atoms with Crippen LogP contribution in [0.25, 0.3) is 0 Å². The van der Waals surface area contributed by atoms with Crippen molar-refractivity contribution in [1.29, 1.82) is 0 Å². The number of nitrogen functional groups attached to an aromatic ring is 1. The molecule has 0 bridgehead atoms. The van der Waals surface area contributed by atoms with Crippen molar-refractivity contribution in [1.82, 2.24) is 5.32 Å². The molecule has 1 aromatic rings. The number of aliphatic hydroxyl groups excluding tert-OH is 1. The Morgan fingerprint density at radius 1 is 1.67 bits per heavy atom. The molecule has 0 saturated heterocycles. The second-order valence-electron chi connectivity index (χ2n) is 3.26. The first-order valence-electron chi connectivity index (χ1n) is 4.52. The number of carbonyl (C=O) groups excluding carboxylic acids is 1. The number of nitrogens with one attached hydrogen (secondary N) is 1. The molecule has 0 heterocycles. The highest BCUT2D eigenvalue weighted by molar-refractivity contribution is 5.99. The fourth-order valence-corrected chi connectivity index (χ4v) is 1.07. The minimum absolute atomic E-state index is 0.0793. The third-order valence-electron chi connectivity index (χ3n) is 1.86. The van der Waals surface area contributed by atoms with Gasteiger partial charge in [0, 0.05) is 6.54 Å². The van der Waals surface area contributed by atoms with E-state index in [1.807, 2.05) is 0 Å². The van der Waals surface area contributed by atoms with Crippen molar-refractivity contribution in [2.45, 2.75) is 13.0 Å². The smallest absolute Gasteiger partial charge is 0.253 e. The summed E-state index contributed by atoms with van der Waals surface area (Å²) < 4.78 is 13.0. The van der Waals surface area contributed by atoms with Crippen LogP contribution in [0.3, 0.4) is 0 Å². The molecule has 82 valence electrons. The predicted molar refractivity (Wildman–Crippen MR) is 54.8 cm³/mol. The maximum atomic E-state index is 13.0. The first-order chi connectivity index (χ1) is 7.02. The number of halogens is 1. The summed E-state index contributed by atoms with van der Waals surface area (Å²) in [6, 6.07) is 4.01. The van der Waals surface area contributed by atoms with Gasteiger partial charge < -0.3 is 16.2 Å². The Morgan fingerprint density at radius 3 is 2.93 bits per heavy atom. The zero-order valence-electron chi connectivity index (χ0n) is 8.33. The monoisotopic (exact) mass is 212 g/mol. The van der Waals surface area contributed by atoms with E-state index in [0.29, 0.717) is 0 Å². The Kier molecular flexibility index (Phi) is 3.62. The lowest BCUT2D eigenvalue weighted by Gasteiger charge is -2.09. The number of rotatable bonds is 3. The molecule has 4 N–H and O–H groups in total. The number of aliphatic hydroxyl groups is 1. The topological polar surface area (TPSA) is 75.3 Å². The van der Waals surface area contributed by atoms with Crippen molar-refractivity contribution in [2.75, 3.05) is 12.3 Å². The van der Waals surface area contributed by atoms with Gasteiger partial charge in [-0.25, -0.2) is 4.39 Å². The van der Waals surface area contributed by atoms with E-state index in [4.69, 9.17) is 10.8 Å². The van der Waals surface area contributed by atoms with Gasteiger partial charge >= 0.3 is 0 Å². The van der Waals surface area contributed by atoms with Crippen LogP contribution >= 0.6 is 0 Å². The summed E-state index contributed by atoms with van der Waals surface area (Å²) in [5.74, 6) is -1.12. The number of carbonyl (C=O) groups is 1. The van der Waals surface area contributed by atoms with Gasteiger partial charge in [-0.05, 0) is 19.1 Å². The summed E-state index contributed by atoms with van der Waals surface area (Å²) in [5.41, 5.74) is 5.29. The van der Waals surface area contributed by atoms with Crippen molar-refractivity contribution in [3.63, 3.8) is 0 Å². The van der Waals surface area contributed by atoms with Crippen LogP contribution in [0.15, 0.2) is 18.2 Å². The van der Waals surface area contributed by atoms with Crippen LogP contribution in [-0.2, 0) is 0 Å². The fraction of sp³-hybridized carbons (Fsp3) is 0.300. The number of anilines is 1. The Balaban J connectivity index is 2.78. The van der Waals surface area contributed by atoms with Gasteiger partial charge in [0.05, 0.1) is 17.4 Å². The van der Waals surface area contributed by atoms with Crippen molar-refractivity contribution >= 4 is 11.6 Å². The van der Waals surface area contributed by atoms with E-state index < -0.39 is 17.8 Å². The first kappa shape index (κ1) is 11.5. The van der Waals surface area contributed by atoms with E-state index in [1.165, 1.54) is 25.1 Å². The molecule has 1 atom stereocenters. The molecule has 0 aromatic heterocycles. The maximum absolute atomic E-state index is 13.0. The van der Waals surface area contributed by atoms with Crippen molar-refractivity contribution in [3.05, 3.63) is 29.6 Å². The summed E-state index contributed by atoms with van der Waals surface area (Å²) in [7, 11) is 0. The standard InChI is InChI=1S/C10H13FN2O2/c1-6(14)5-13-10(15)7-3-2-4-8(11)9(7)12/h2-4,6,14H,5,12H2,1H3,(H,13,15)/t6-/m0/s1. The Labute approximate surface area is 86.9 Å². The lowest BCUT2D eigenvalue weighted by atomic mass is 10.1. The molecule has 0 saturated carbocycles. The van der Waals surface area contributed by atoms with E-state index in [1.54, 1.807) is 0 Å². The van der Waals surface area contributed by atoms with E-state index in [0.717, 1.165) is 0 Å². The lowest BCUT2D eigenvalue weighted by Crippen LogP contribution is -2.31. The van der Waals surface area contributed by atoms with Crippen molar-refractivity contribution in [2.24, 2.45) is 0 Å². The van der Waals surface area contributed by atoms with Crippen molar-refractivity contribution in [3.8, 4) is 0 Å². The van der Waals surface area contributed by atoms with Gasteiger partial charge in [-0.3, -0.25) is 4.79 Å². The van der Waals surface area contributed by atoms with Crippen LogP contribution in [0, 0.1) is 5.82 Å². The lowest BCUT2D eigenvalue weighted by molar-refractivity contribution is 0.0924. The number of hydrogen-bond acceptors (Lipinski definition) is 3. The van der Waals surface area contributed by atoms with Crippen molar-refractivity contribution < 1.29 is 14.3 Å². The van der Waals surface area contributed by atoms with Gasteiger partial charge in [0.2, 0.25) is 0 Å². The Bertz CT molecular complexity index is 366. The van der Waals surface area contributed by atoms with E-state index in [2.05, 4.69) is 5.32 Å². The van der Waals surface area contributed by atoms with Crippen LogP contribution in [0.5, 0.6) is 0 Å². The molecule has 0 aliphatic heterocycles. The third-order valence-corrected chi connectivity index (χ3v) is 1.86. The molecule has 5 heteroatoms. The Hall–Kier alpha value is -1.62. The largest absolute Gasteiger partial charge is 0.396 e. The van der Waals surface area contributed by atoms with Crippen LogP contribution < -0.4 is 11.1 Å². The predicted octanol–water partition coefficient (Wildman–Crippen LogP) is 0.519. The summed E-state index contributed by atoms with van der Waals surface area (Å²) >= 11 is 0. The third kappa shape index (κ3) is 2.92. The highest BCUT2D eigenvalue weighted by Gasteiger charge is 2.12. The summed E-state index contributed by atoms with van der Waals surface area (Å²) in [6.07, 6.45) is -0.649. The van der Waals surface area contributed by atoms with Crippen LogP contribution in [0.1, 0.15) is 17.3 Å². The molecule has 1 amide bonds. The molecule has 1 aromatic carbocycles. The van der Waals surface area contributed by atoms with Gasteiger partial charge in [-0.15, -0.1) is 0 Å². The van der Waals surface area contributed by atoms with Gasteiger partial charge in [0.1, 0.15) is 5.82 Å². The number of amides is 1. The van der Waals surface area contributed by atoms with E-state index in [9.17, 15) is 9.18 Å². The summed E-state index contributed by atoms with van der Waals surface area (Å²) in [4.78, 5) is 11.5. The fourth-order valence-electron chi connectivity index (χ4n) is 1.07. The van der Waals surface area contributed by atoms with Crippen LogP contribution in [0.4, 0.5) is 10.1 Å². The molecule has 0 unspecified atom stereocenters. The highest BCUT2D eigenvalue weighted by atomic mass is 19.1. The summed E-state index contributed by atoms with van der Waals surface area (Å²) in [6.45, 7) is 1.64. The molecule has 0 fully saturated rings. The molecule has 0 radical (unpaired) electrons. The molecule has 1 rings (SSSR count). The van der Waals surface area contributed by atoms with Gasteiger partial charge in [0.15, 0.2) is 0 Å². The zero-order chi connectivity index (χ0) is 11.4. The molecule has 4 nitrogen and oxygen atoms in total. The number of nitrogens with two attached hydrogens (primary N) is 1. The van der Waals surface area contributed by atoms with Gasteiger partial charge in [-0.1, -0.05) is 6.07 Å². The molecule has 0 spiro atoms. The average Bonchev–Trinajstić information content (AvgIpc) is 2.18. The molecule has 0 aliphatic rings. The second-order valence-corrected chi connectivity index (χ2v) is 3.26. The van der Waals surface area contributed by atoms with E-state index in [-0.39, 0.29) is 17.8 Å². The van der Waals surface area contributed by atoms with Gasteiger partial charge in [-0.2, -0.15) is 0 Å². The van der Waals surface area contributed by atoms with Crippen LogP contribution in [0.2, 0.25) is 0 Å². The molecule has 15 heavy (non-hydrogen) atoms. The maximum Gasteiger partial charge on any atom is 0.253 e. The minimum Gasteiger partial charge on any atom is -0.396 e. The summed E-state index contributed by atoms with van der Waals surface area (Å²) in [5, 5.41) is 11.4. The van der Waals surface area contributed by atoms with Crippen LogP contribution in [-0.4, -0.2) is 23.7 Å². The average molecular weight is 212 g/mol. The number of para-hydroxylation sites is 1. The highest BCUT2D eigenvalue weighted by Crippen LogP contribution is 2.15. The number of benzene rings is 1. The Morgan fingerprint density at radius 2 is 2.33 bits per heavy atom. The molecular weight excluding hydrogens is 199 g/mol. The second kappa shape index (κ2) is 4.75. The zero-order valence-corrected chi connectivity index (χ0v) is 8.33. The normalized spacial score (nSPS) is 12.2. The minimum atomic E-state index is -0.649. The quantitative estimate of drug-likeness (QED) is 0.639. The number of hydrogen-bond donors (Lipinski definition) is 3.